The van der Waals surface area contributed by atoms with E-state index in [0.717, 1.165) is 51.4 Å². The lowest BCUT2D eigenvalue weighted by molar-refractivity contribution is -0.201. The summed E-state index contributed by atoms with van der Waals surface area (Å²) < 4.78 is 6.04. The van der Waals surface area contributed by atoms with Gasteiger partial charge in [-0.2, -0.15) is 5.26 Å². The lowest BCUT2D eigenvalue weighted by Gasteiger charge is -2.62. The highest BCUT2D eigenvalue weighted by atomic mass is 16.5. The molecule has 4 aliphatic rings. The smallest absolute Gasteiger partial charge is 0.0839 e. The molecule has 0 aromatic heterocycles. The zero-order valence-electron chi connectivity index (χ0n) is 17.2. The number of nitriles is 1. The minimum atomic E-state index is -0.369. The van der Waals surface area contributed by atoms with Crippen molar-refractivity contribution in [3.05, 3.63) is 0 Å². The predicted molar refractivity (Wildman–Crippen MR) is 104 cm³/mol. The summed E-state index contributed by atoms with van der Waals surface area (Å²) in [5, 5.41) is 31.7. The fourth-order valence-corrected chi connectivity index (χ4v) is 8.03. The lowest BCUT2D eigenvalue weighted by atomic mass is 9.43. The second kappa shape index (κ2) is 7.01. The molecule has 0 radical (unpaired) electrons. The second-order valence-electron chi connectivity index (χ2n) is 10.5. The monoisotopic (exact) mass is 375 g/mol. The van der Waals surface area contributed by atoms with Crippen molar-refractivity contribution in [3.63, 3.8) is 0 Å². The number of fused-ring (bicyclic) bond motifs is 5. The van der Waals surface area contributed by atoms with Crippen molar-refractivity contribution in [1.82, 2.24) is 0 Å². The van der Waals surface area contributed by atoms with E-state index in [0.29, 0.717) is 24.4 Å². The minimum Gasteiger partial charge on any atom is -0.393 e. The SMILES string of the molecule is CCCOC1CC2(C)C(CCC3C4CCC(C#N)C4(C)CC(O)C32)CC1O. The molecule has 0 amide bonds. The highest BCUT2D eigenvalue weighted by Crippen LogP contribution is 2.67. The van der Waals surface area contributed by atoms with Crippen LogP contribution in [-0.4, -0.2) is 35.1 Å². The number of hydrogen-bond donors (Lipinski definition) is 2. The molecule has 0 bridgehead atoms. The van der Waals surface area contributed by atoms with Crippen LogP contribution in [0.15, 0.2) is 0 Å². The van der Waals surface area contributed by atoms with Gasteiger partial charge in [-0.3, -0.25) is 0 Å². The van der Waals surface area contributed by atoms with Gasteiger partial charge < -0.3 is 14.9 Å². The predicted octanol–water partition coefficient (Wildman–Crippen LogP) is 3.91. The van der Waals surface area contributed by atoms with E-state index in [4.69, 9.17) is 4.74 Å². The number of rotatable bonds is 3. The second-order valence-corrected chi connectivity index (χ2v) is 10.5. The van der Waals surface area contributed by atoms with Crippen molar-refractivity contribution in [3.8, 4) is 6.07 Å². The Labute approximate surface area is 164 Å². The van der Waals surface area contributed by atoms with Crippen LogP contribution < -0.4 is 0 Å². The van der Waals surface area contributed by atoms with Crippen molar-refractivity contribution >= 4 is 0 Å². The van der Waals surface area contributed by atoms with Crippen LogP contribution in [0.25, 0.3) is 0 Å². The van der Waals surface area contributed by atoms with Gasteiger partial charge in [0.15, 0.2) is 0 Å². The first-order chi connectivity index (χ1) is 12.8. The number of hydrogen-bond acceptors (Lipinski definition) is 4. The molecule has 4 saturated carbocycles. The van der Waals surface area contributed by atoms with E-state index < -0.39 is 0 Å². The molecule has 4 heteroatoms. The number of aliphatic hydroxyl groups excluding tert-OH is 2. The van der Waals surface area contributed by atoms with Crippen LogP contribution in [0.4, 0.5) is 0 Å². The van der Waals surface area contributed by atoms with Gasteiger partial charge in [0.2, 0.25) is 0 Å². The molecule has 27 heavy (non-hydrogen) atoms. The Kier molecular flexibility index (Phi) is 5.11. The molecule has 4 rings (SSSR count). The van der Waals surface area contributed by atoms with Crippen LogP contribution in [0.3, 0.4) is 0 Å². The Morgan fingerprint density at radius 2 is 1.81 bits per heavy atom. The first kappa shape index (κ1) is 19.7. The fraction of sp³-hybridized carbons (Fsp3) is 0.957. The Bertz CT molecular complexity index is 603. The quantitative estimate of drug-likeness (QED) is 0.784. The zero-order chi connectivity index (χ0) is 19.4. The molecule has 4 fully saturated rings. The van der Waals surface area contributed by atoms with Crippen molar-refractivity contribution in [1.29, 1.82) is 5.26 Å². The number of aliphatic hydroxyl groups is 2. The fourth-order valence-electron chi connectivity index (χ4n) is 8.03. The third kappa shape index (κ3) is 2.88. The summed E-state index contributed by atoms with van der Waals surface area (Å²) in [7, 11) is 0. The zero-order valence-corrected chi connectivity index (χ0v) is 17.2. The molecule has 2 N–H and O–H groups in total. The molecule has 0 aromatic carbocycles. The van der Waals surface area contributed by atoms with Gasteiger partial charge in [-0.1, -0.05) is 20.8 Å². The van der Waals surface area contributed by atoms with Crippen molar-refractivity contribution in [2.24, 2.45) is 40.4 Å². The van der Waals surface area contributed by atoms with E-state index in [2.05, 4.69) is 26.8 Å². The molecular formula is C23H37NO3. The van der Waals surface area contributed by atoms with E-state index in [-0.39, 0.29) is 41.0 Å². The van der Waals surface area contributed by atoms with Crippen LogP contribution in [-0.2, 0) is 4.74 Å². The summed E-state index contributed by atoms with van der Waals surface area (Å²) in [4.78, 5) is 0. The lowest BCUT2D eigenvalue weighted by Crippen LogP contribution is -2.61. The van der Waals surface area contributed by atoms with Crippen LogP contribution in [0.1, 0.15) is 72.1 Å². The van der Waals surface area contributed by atoms with Crippen LogP contribution in [0, 0.1) is 51.8 Å². The van der Waals surface area contributed by atoms with Gasteiger partial charge in [0.25, 0.3) is 0 Å². The van der Waals surface area contributed by atoms with E-state index in [1.165, 1.54) is 0 Å². The standard InChI is InChI=1S/C23H37NO3/c1-4-9-27-20-12-23(3)14(10-18(20)25)5-7-16-17-8-6-15(13-24)22(17,2)11-19(26)21(16)23/h14-21,25-26H,4-12H2,1-3H3. The van der Waals surface area contributed by atoms with Crippen molar-refractivity contribution in [2.45, 2.75) is 90.4 Å². The number of nitrogens with zero attached hydrogens (tertiary/aromatic N) is 1. The Morgan fingerprint density at radius 1 is 1.04 bits per heavy atom. The normalized spacial score (nSPS) is 54.5. The molecule has 4 aliphatic carbocycles. The molecule has 0 saturated heterocycles. The highest BCUT2D eigenvalue weighted by Gasteiger charge is 2.64. The Hall–Kier alpha value is -0.630. The maximum atomic E-state index is 11.3. The molecule has 152 valence electrons. The van der Waals surface area contributed by atoms with Gasteiger partial charge >= 0.3 is 0 Å². The summed E-state index contributed by atoms with van der Waals surface area (Å²) >= 11 is 0. The third-order valence-corrected chi connectivity index (χ3v) is 9.28. The maximum Gasteiger partial charge on any atom is 0.0839 e. The Morgan fingerprint density at radius 3 is 2.52 bits per heavy atom. The van der Waals surface area contributed by atoms with E-state index in [9.17, 15) is 15.5 Å². The molecule has 0 aromatic rings. The van der Waals surface area contributed by atoms with E-state index in [1.54, 1.807) is 0 Å². The van der Waals surface area contributed by atoms with Gasteiger partial charge in [-0.05, 0) is 85.9 Å². The maximum absolute atomic E-state index is 11.3. The average Bonchev–Trinajstić information content (AvgIpc) is 2.95. The van der Waals surface area contributed by atoms with E-state index in [1.807, 2.05) is 0 Å². The summed E-state index contributed by atoms with van der Waals surface area (Å²) in [5.74, 6) is 1.93. The van der Waals surface area contributed by atoms with Crippen molar-refractivity contribution < 1.29 is 14.9 Å². The summed E-state index contributed by atoms with van der Waals surface area (Å²) in [6.07, 6.45) is 7.03. The first-order valence-electron chi connectivity index (χ1n) is 11.2. The highest BCUT2D eigenvalue weighted by molar-refractivity contribution is 5.15. The van der Waals surface area contributed by atoms with Gasteiger partial charge in [-0.15, -0.1) is 0 Å². The average molecular weight is 376 g/mol. The van der Waals surface area contributed by atoms with Crippen LogP contribution in [0.2, 0.25) is 0 Å². The summed E-state index contributed by atoms with van der Waals surface area (Å²) in [5.41, 5.74) is 0.0108. The summed E-state index contributed by atoms with van der Waals surface area (Å²) in [6.45, 7) is 7.44. The van der Waals surface area contributed by atoms with Gasteiger partial charge in [0.05, 0.1) is 30.3 Å². The topological polar surface area (TPSA) is 73.5 Å². The molecule has 0 spiro atoms. The van der Waals surface area contributed by atoms with Gasteiger partial charge in [-0.25, -0.2) is 0 Å². The first-order valence-corrected chi connectivity index (χ1v) is 11.2. The molecule has 4 nitrogen and oxygen atoms in total. The third-order valence-electron chi connectivity index (χ3n) is 9.28. The molecule has 0 heterocycles. The molecular weight excluding hydrogens is 338 g/mol. The number of ether oxygens (including phenoxy) is 1. The van der Waals surface area contributed by atoms with Crippen molar-refractivity contribution in [2.75, 3.05) is 6.61 Å². The van der Waals surface area contributed by atoms with E-state index >= 15 is 0 Å². The van der Waals surface area contributed by atoms with Crippen LogP contribution >= 0.6 is 0 Å². The van der Waals surface area contributed by atoms with Gasteiger partial charge in [0.1, 0.15) is 0 Å². The van der Waals surface area contributed by atoms with Crippen LogP contribution in [0.5, 0.6) is 0 Å². The minimum absolute atomic E-state index is 0.0230. The molecule has 0 aliphatic heterocycles. The Balaban J connectivity index is 1.62. The molecule has 10 unspecified atom stereocenters. The summed E-state index contributed by atoms with van der Waals surface area (Å²) in [6, 6.07) is 2.56. The van der Waals surface area contributed by atoms with Gasteiger partial charge in [0, 0.05) is 6.61 Å². The molecule has 10 atom stereocenters. The largest absolute Gasteiger partial charge is 0.393 e.